The first-order valence-electron chi connectivity index (χ1n) is 6.72. The molecule has 2 heteroatoms. The van der Waals surface area contributed by atoms with Gasteiger partial charge in [-0.25, -0.2) is 0 Å². The minimum atomic E-state index is 0.834. The van der Waals surface area contributed by atoms with E-state index >= 15 is 0 Å². The van der Waals surface area contributed by atoms with Crippen LogP contribution in [0.15, 0.2) is 0 Å². The Balaban J connectivity index is 1.85. The van der Waals surface area contributed by atoms with Crippen LogP contribution in [-0.2, 0) is 0 Å². The van der Waals surface area contributed by atoms with Gasteiger partial charge in [0.1, 0.15) is 0 Å². The summed E-state index contributed by atoms with van der Waals surface area (Å²) in [4.78, 5) is 2.75. The Hall–Kier alpha value is -0.0800. The Kier molecular flexibility index (Phi) is 4.04. The Bertz CT molecular complexity index is 185. The molecule has 2 saturated heterocycles. The molecule has 2 aliphatic rings. The fourth-order valence-corrected chi connectivity index (χ4v) is 3.06. The maximum Gasteiger partial charge on any atom is 0.0221 e. The smallest absolute Gasteiger partial charge is 0.0221 e. The molecule has 2 unspecified atom stereocenters. The number of piperidine rings is 2. The van der Waals surface area contributed by atoms with Gasteiger partial charge in [-0.05, 0) is 50.6 Å². The van der Waals surface area contributed by atoms with Gasteiger partial charge in [0.15, 0.2) is 0 Å². The van der Waals surface area contributed by atoms with E-state index in [4.69, 9.17) is 0 Å². The lowest BCUT2D eigenvalue weighted by molar-refractivity contribution is 0.0884. The van der Waals surface area contributed by atoms with Gasteiger partial charge in [0.2, 0.25) is 0 Å². The standard InChI is InChI=1S/C13H26N2/c1-11(2)12-5-4-8-15(10-12)13-6-3-7-14-9-13/h11-14H,3-10H2,1-2H3. The average molecular weight is 210 g/mol. The largest absolute Gasteiger partial charge is 0.315 e. The van der Waals surface area contributed by atoms with E-state index in [0.29, 0.717) is 0 Å². The van der Waals surface area contributed by atoms with Gasteiger partial charge >= 0.3 is 0 Å². The third-order valence-electron chi connectivity index (χ3n) is 4.22. The monoisotopic (exact) mass is 210 g/mol. The van der Waals surface area contributed by atoms with Crippen LogP contribution in [0.1, 0.15) is 39.5 Å². The molecule has 88 valence electrons. The lowest BCUT2D eigenvalue weighted by Gasteiger charge is -2.41. The SMILES string of the molecule is CC(C)C1CCCN(C2CCCNC2)C1. The fourth-order valence-electron chi connectivity index (χ4n) is 3.06. The van der Waals surface area contributed by atoms with Gasteiger partial charge in [-0.15, -0.1) is 0 Å². The minimum Gasteiger partial charge on any atom is -0.315 e. The summed E-state index contributed by atoms with van der Waals surface area (Å²) in [6.07, 6.45) is 5.65. The number of hydrogen-bond donors (Lipinski definition) is 1. The topological polar surface area (TPSA) is 15.3 Å². The molecule has 2 rings (SSSR count). The van der Waals surface area contributed by atoms with Crippen molar-refractivity contribution >= 4 is 0 Å². The van der Waals surface area contributed by atoms with Crippen molar-refractivity contribution in [2.45, 2.75) is 45.6 Å². The second-order valence-electron chi connectivity index (χ2n) is 5.64. The minimum absolute atomic E-state index is 0.834. The molecule has 1 N–H and O–H groups in total. The van der Waals surface area contributed by atoms with Crippen molar-refractivity contribution in [3.63, 3.8) is 0 Å². The average Bonchev–Trinajstić information content (AvgIpc) is 2.30. The van der Waals surface area contributed by atoms with Crippen molar-refractivity contribution in [2.24, 2.45) is 11.8 Å². The number of rotatable bonds is 2. The fraction of sp³-hybridized carbons (Fsp3) is 1.00. The first kappa shape index (κ1) is 11.4. The van der Waals surface area contributed by atoms with Gasteiger partial charge in [0.05, 0.1) is 0 Å². The highest BCUT2D eigenvalue weighted by Crippen LogP contribution is 2.26. The van der Waals surface area contributed by atoms with E-state index in [1.165, 1.54) is 51.9 Å². The normalized spacial score (nSPS) is 34.6. The first-order chi connectivity index (χ1) is 7.27. The zero-order valence-corrected chi connectivity index (χ0v) is 10.3. The van der Waals surface area contributed by atoms with Crippen molar-refractivity contribution in [1.82, 2.24) is 10.2 Å². The number of hydrogen-bond acceptors (Lipinski definition) is 2. The Labute approximate surface area is 94.4 Å². The zero-order valence-electron chi connectivity index (χ0n) is 10.3. The highest BCUT2D eigenvalue weighted by Gasteiger charge is 2.27. The van der Waals surface area contributed by atoms with E-state index in [0.717, 1.165) is 17.9 Å². The summed E-state index contributed by atoms with van der Waals surface area (Å²) in [5.74, 6) is 1.81. The van der Waals surface area contributed by atoms with Crippen LogP contribution < -0.4 is 5.32 Å². The molecule has 0 bridgehead atoms. The first-order valence-corrected chi connectivity index (χ1v) is 6.72. The maximum atomic E-state index is 3.53. The van der Waals surface area contributed by atoms with E-state index < -0.39 is 0 Å². The lowest BCUT2D eigenvalue weighted by Crippen LogP contribution is -2.50. The molecule has 0 aliphatic carbocycles. The summed E-state index contributed by atoms with van der Waals surface area (Å²) in [7, 11) is 0. The summed E-state index contributed by atoms with van der Waals surface area (Å²) >= 11 is 0. The molecular weight excluding hydrogens is 184 g/mol. The molecular formula is C13H26N2. The molecule has 0 aromatic heterocycles. The summed E-state index contributed by atoms with van der Waals surface area (Å²) < 4.78 is 0. The quantitative estimate of drug-likeness (QED) is 0.751. The highest BCUT2D eigenvalue weighted by atomic mass is 15.2. The van der Waals surface area contributed by atoms with Crippen LogP contribution in [0, 0.1) is 11.8 Å². The molecule has 0 radical (unpaired) electrons. The number of nitrogens with one attached hydrogen (secondary N) is 1. The molecule has 2 aliphatic heterocycles. The van der Waals surface area contributed by atoms with Gasteiger partial charge in [-0.1, -0.05) is 13.8 Å². The van der Waals surface area contributed by atoms with Crippen molar-refractivity contribution in [1.29, 1.82) is 0 Å². The van der Waals surface area contributed by atoms with E-state index in [9.17, 15) is 0 Å². The van der Waals surface area contributed by atoms with E-state index in [1.807, 2.05) is 0 Å². The summed E-state index contributed by atoms with van der Waals surface area (Å²) in [5.41, 5.74) is 0. The number of likely N-dealkylation sites (tertiary alicyclic amines) is 1. The van der Waals surface area contributed by atoms with Gasteiger partial charge in [-0.2, -0.15) is 0 Å². The van der Waals surface area contributed by atoms with Gasteiger partial charge < -0.3 is 5.32 Å². The Morgan fingerprint density at radius 3 is 2.73 bits per heavy atom. The van der Waals surface area contributed by atoms with Crippen molar-refractivity contribution in [2.75, 3.05) is 26.2 Å². The van der Waals surface area contributed by atoms with Crippen LogP contribution in [0.2, 0.25) is 0 Å². The molecule has 2 fully saturated rings. The molecule has 2 atom stereocenters. The zero-order chi connectivity index (χ0) is 10.7. The molecule has 0 aromatic rings. The van der Waals surface area contributed by atoms with Crippen LogP contribution in [0.5, 0.6) is 0 Å². The molecule has 2 heterocycles. The third kappa shape index (κ3) is 2.94. The molecule has 0 aromatic carbocycles. The van der Waals surface area contributed by atoms with Crippen molar-refractivity contribution < 1.29 is 0 Å². The van der Waals surface area contributed by atoms with E-state index in [1.54, 1.807) is 0 Å². The maximum absolute atomic E-state index is 3.53. The van der Waals surface area contributed by atoms with Gasteiger partial charge in [0.25, 0.3) is 0 Å². The van der Waals surface area contributed by atoms with Crippen LogP contribution in [0.4, 0.5) is 0 Å². The van der Waals surface area contributed by atoms with Crippen molar-refractivity contribution in [3.05, 3.63) is 0 Å². The van der Waals surface area contributed by atoms with E-state index in [2.05, 4.69) is 24.1 Å². The van der Waals surface area contributed by atoms with Gasteiger partial charge in [-0.3, -0.25) is 4.90 Å². The molecule has 0 spiro atoms. The van der Waals surface area contributed by atoms with Crippen LogP contribution in [0.25, 0.3) is 0 Å². The Morgan fingerprint density at radius 1 is 1.20 bits per heavy atom. The van der Waals surface area contributed by atoms with Crippen LogP contribution in [0.3, 0.4) is 0 Å². The molecule has 15 heavy (non-hydrogen) atoms. The van der Waals surface area contributed by atoms with Crippen LogP contribution in [-0.4, -0.2) is 37.1 Å². The van der Waals surface area contributed by atoms with Crippen LogP contribution >= 0.6 is 0 Å². The molecule has 2 nitrogen and oxygen atoms in total. The van der Waals surface area contributed by atoms with Gasteiger partial charge in [0, 0.05) is 19.1 Å². The highest BCUT2D eigenvalue weighted by molar-refractivity contribution is 4.83. The third-order valence-corrected chi connectivity index (χ3v) is 4.22. The second-order valence-corrected chi connectivity index (χ2v) is 5.64. The van der Waals surface area contributed by atoms with Crippen molar-refractivity contribution in [3.8, 4) is 0 Å². The summed E-state index contributed by atoms with van der Waals surface area (Å²) in [6.45, 7) is 9.92. The molecule has 0 amide bonds. The lowest BCUT2D eigenvalue weighted by atomic mass is 9.86. The summed E-state index contributed by atoms with van der Waals surface area (Å²) in [6, 6.07) is 0.834. The molecule has 0 saturated carbocycles. The second kappa shape index (κ2) is 5.31. The predicted octanol–water partition coefficient (Wildman–Crippen LogP) is 2.11. The predicted molar refractivity (Wildman–Crippen MR) is 65.0 cm³/mol. The summed E-state index contributed by atoms with van der Waals surface area (Å²) in [5, 5.41) is 3.53. The number of nitrogens with zero attached hydrogens (tertiary/aromatic N) is 1. The van der Waals surface area contributed by atoms with E-state index in [-0.39, 0.29) is 0 Å². The Morgan fingerprint density at radius 2 is 2.07 bits per heavy atom.